The first-order valence-electron chi connectivity index (χ1n) is 7.30. The maximum absolute atomic E-state index is 5.79. The van der Waals surface area contributed by atoms with Gasteiger partial charge in [-0.3, -0.25) is 4.72 Å². The summed E-state index contributed by atoms with van der Waals surface area (Å²) in [5, 5.41) is 0.636. The molecule has 0 unspecified atom stereocenters. The molecule has 0 bridgehead atoms. The summed E-state index contributed by atoms with van der Waals surface area (Å²) < 4.78 is 3.24. The number of nitrogens with one attached hydrogen (secondary N) is 1. The molecule has 3 rings (SSSR count). The second-order valence-corrected chi connectivity index (χ2v) is 6.29. The van der Waals surface area contributed by atoms with E-state index in [-0.39, 0.29) is 5.95 Å². The van der Waals surface area contributed by atoms with Crippen LogP contribution in [0, 0.1) is 0 Å². The Bertz CT molecular complexity index is 584. The topological polar surface area (TPSA) is 76.7 Å². The summed E-state index contributed by atoms with van der Waals surface area (Å²) in [5.74, 6) is 1.39. The van der Waals surface area contributed by atoms with E-state index in [2.05, 4.69) is 19.7 Å². The smallest absolute Gasteiger partial charge is 0.238 e. The van der Waals surface area contributed by atoms with Gasteiger partial charge in [-0.2, -0.15) is 15.0 Å². The predicted octanol–water partition coefficient (Wildman–Crippen LogP) is 3.51. The van der Waals surface area contributed by atoms with Gasteiger partial charge >= 0.3 is 0 Å². The number of hydrogen-bond donors (Lipinski definition) is 2. The summed E-state index contributed by atoms with van der Waals surface area (Å²) >= 11 is 1.70. The molecule has 1 aliphatic rings. The quantitative estimate of drug-likeness (QED) is 0.842. The fourth-order valence-electron chi connectivity index (χ4n) is 2.47. The van der Waals surface area contributed by atoms with Crippen LogP contribution >= 0.6 is 11.9 Å². The van der Waals surface area contributed by atoms with Crippen molar-refractivity contribution in [2.75, 3.05) is 10.5 Å². The van der Waals surface area contributed by atoms with Crippen LogP contribution in [0.15, 0.2) is 30.3 Å². The van der Waals surface area contributed by atoms with Crippen LogP contribution in [-0.4, -0.2) is 20.2 Å². The van der Waals surface area contributed by atoms with E-state index in [0.29, 0.717) is 17.0 Å². The highest BCUT2D eigenvalue weighted by atomic mass is 32.2. The van der Waals surface area contributed by atoms with Gasteiger partial charge in [-0.1, -0.05) is 49.6 Å². The minimum atomic E-state index is 0.246. The van der Waals surface area contributed by atoms with Crippen LogP contribution < -0.4 is 10.5 Å². The number of aromatic nitrogens is 3. The van der Waals surface area contributed by atoms with E-state index in [1.807, 2.05) is 30.3 Å². The lowest BCUT2D eigenvalue weighted by Gasteiger charge is -2.20. The molecule has 3 N–H and O–H groups in total. The van der Waals surface area contributed by atoms with E-state index in [4.69, 9.17) is 5.73 Å². The van der Waals surface area contributed by atoms with E-state index < -0.39 is 0 Å². The van der Waals surface area contributed by atoms with Crippen molar-refractivity contribution in [3.63, 3.8) is 0 Å². The number of nitrogens with zero attached hydrogens (tertiary/aromatic N) is 3. The summed E-state index contributed by atoms with van der Waals surface area (Å²) in [6.07, 6.45) is 6.49. The highest BCUT2D eigenvalue weighted by Crippen LogP contribution is 2.28. The van der Waals surface area contributed by atoms with Crippen molar-refractivity contribution in [2.24, 2.45) is 0 Å². The molecule has 1 aromatic heterocycles. The normalized spacial score (nSPS) is 15.8. The molecule has 1 aromatic carbocycles. The van der Waals surface area contributed by atoms with Gasteiger partial charge < -0.3 is 5.73 Å². The summed E-state index contributed by atoms with van der Waals surface area (Å²) in [5.41, 5.74) is 6.74. The van der Waals surface area contributed by atoms with Crippen LogP contribution in [0.2, 0.25) is 0 Å². The molecule has 0 saturated heterocycles. The number of nitrogen functional groups attached to an aromatic ring is 1. The molecule has 0 radical (unpaired) electrons. The highest BCUT2D eigenvalue weighted by molar-refractivity contribution is 8.01. The van der Waals surface area contributed by atoms with Crippen molar-refractivity contribution in [1.29, 1.82) is 0 Å². The Hall–Kier alpha value is -1.82. The van der Waals surface area contributed by atoms with E-state index >= 15 is 0 Å². The zero-order chi connectivity index (χ0) is 14.5. The van der Waals surface area contributed by atoms with Crippen molar-refractivity contribution in [3.05, 3.63) is 30.3 Å². The van der Waals surface area contributed by atoms with Crippen LogP contribution in [-0.2, 0) is 0 Å². The Morgan fingerprint density at radius 2 is 1.76 bits per heavy atom. The first-order chi connectivity index (χ1) is 10.3. The minimum Gasteiger partial charge on any atom is -0.368 e. The molecule has 110 valence electrons. The fraction of sp³-hybridized carbons (Fsp3) is 0.400. The standard InChI is InChI=1S/C15H19N5S/c16-14-17-13(11-7-3-1-4-8-11)18-15(19-14)20-21-12-9-5-2-6-10-12/h1,3-4,7-8,12H,2,5-6,9-10H2,(H3,16,17,18,19,20). The van der Waals surface area contributed by atoms with Gasteiger partial charge in [0.05, 0.1) is 0 Å². The van der Waals surface area contributed by atoms with Crippen LogP contribution in [0.4, 0.5) is 11.9 Å². The zero-order valence-corrected chi connectivity index (χ0v) is 12.6. The van der Waals surface area contributed by atoms with Gasteiger partial charge in [0.1, 0.15) is 0 Å². The van der Waals surface area contributed by atoms with Gasteiger partial charge in [0.2, 0.25) is 11.9 Å². The van der Waals surface area contributed by atoms with E-state index in [1.165, 1.54) is 32.1 Å². The molecule has 0 amide bonds. The van der Waals surface area contributed by atoms with Crippen molar-refractivity contribution in [1.82, 2.24) is 15.0 Å². The maximum atomic E-state index is 5.79. The molecule has 0 aliphatic heterocycles. The molecular weight excluding hydrogens is 282 g/mol. The van der Waals surface area contributed by atoms with Crippen LogP contribution in [0.3, 0.4) is 0 Å². The van der Waals surface area contributed by atoms with Gasteiger partial charge in [0.15, 0.2) is 5.82 Å². The Labute approximate surface area is 128 Å². The minimum absolute atomic E-state index is 0.246. The summed E-state index contributed by atoms with van der Waals surface area (Å²) in [6.45, 7) is 0. The molecule has 6 heteroatoms. The molecule has 1 heterocycles. The average molecular weight is 301 g/mol. The molecular formula is C15H19N5S. The summed E-state index contributed by atoms with van der Waals surface area (Å²) in [6, 6.07) is 9.81. The van der Waals surface area contributed by atoms with Gasteiger partial charge in [-0.05, 0) is 24.8 Å². The second kappa shape index (κ2) is 6.76. The van der Waals surface area contributed by atoms with Gasteiger partial charge in [0, 0.05) is 10.8 Å². The Morgan fingerprint density at radius 3 is 2.52 bits per heavy atom. The van der Waals surface area contributed by atoms with E-state index in [0.717, 1.165) is 5.56 Å². The maximum Gasteiger partial charge on any atom is 0.238 e. The van der Waals surface area contributed by atoms with Gasteiger partial charge in [-0.25, -0.2) is 0 Å². The van der Waals surface area contributed by atoms with Crippen LogP contribution in [0.5, 0.6) is 0 Å². The molecule has 0 atom stereocenters. The average Bonchev–Trinajstić information content (AvgIpc) is 2.54. The Balaban J connectivity index is 1.72. The predicted molar refractivity (Wildman–Crippen MR) is 87.8 cm³/mol. The molecule has 1 fully saturated rings. The summed E-state index contributed by atoms with van der Waals surface area (Å²) in [7, 11) is 0. The molecule has 21 heavy (non-hydrogen) atoms. The van der Waals surface area contributed by atoms with Crippen molar-refractivity contribution in [2.45, 2.75) is 37.4 Å². The molecule has 5 nitrogen and oxygen atoms in total. The Kier molecular flexibility index (Phi) is 4.55. The number of rotatable bonds is 4. The third kappa shape index (κ3) is 3.85. The van der Waals surface area contributed by atoms with E-state index in [9.17, 15) is 0 Å². The molecule has 1 aliphatic carbocycles. The first-order valence-corrected chi connectivity index (χ1v) is 8.18. The summed E-state index contributed by atoms with van der Waals surface area (Å²) in [4.78, 5) is 12.8. The van der Waals surface area contributed by atoms with Crippen LogP contribution in [0.1, 0.15) is 32.1 Å². The lowest BCUT2D eigenvalue weighted by atomic mass is 10.0. The Morgan fingerprint density at radius 1 is 1.00 bits per heavy atom. The zero-order valence-electron chi connectivity index (χ0n) is 11.8. The number of nitrogens with two attached hydrogens (primary N) is 1. The lowest BCUT2D eigenvalue weighted by molar-refractivity contribution is 0.516. The van der Waals surface area contributed by atoms with Crippen molar-refractivity contribution < 1.29 is 0 Å². The van der Waals surface area contributed by atoms with Gasteiger partial charge in [-0.15, -0.1) is 0 Å². The highest BCUT2D eigenvalue weighted by Gasteiger charge is 2.15. The number of anilines is 2. The third-order valence-electron chi connectivity index (χ3n) is 3.55. The third-order valence-corrected chi connectivity index (χ3v) is 4.66. The molecule has 2 aromatic rings. The van der Waals surface area contributed by atoms with Crippen molar-refractivity contribution in [3.8, 4) is 11.4 Å². The molecule has 1 saturated carbocycles. The van der Waals surface area contributed by atoms with Gasteiger partial charge in [0.25, 0.3) is 0 Å². The number of benzene rings is 1. The monoisotopic (exact) mass is 301 g/mol. The molecule has 0 spiro atoms. The largest absolute Gasteiger partial charge is 0.368 e. The second-order valence-electron chi connectivity index (χ2n) is 5.19. The first kappa shape index (κ1) is 14.1. The van der Waals surface area contributed by atoms with Crippen LogP contribution in [0.25, 0.3) is 11.4 Å². The SMILES string of the molecule is Nc1nc(NSC2CCCCC2)nc(-c2ccccc2)n1. The van der Waals surface area contributed by atoms with Crippen molar-refractivity contribution >= 4 is 23.8 Å². The lowest BCUT2D eigenvalue weighted by Crippen LogP contribution is -2.12. The van der Waals surface area contributed by atoms with E-state index in [1.54, 1.807) is 11.9 Å². The number of hydrogen-bond acceptors (Lipinski definition) is 6. The fourth-order valence-corrected chi connectivity index (χ4v) is 3.41.